The first-order chi connectivity index (χ1) is 12.5. The number of hydrogen-bond donors (Lipinski definition) is 1. The first kappa shape index (κ1) is 17.9. The monoisotopic (exact) mass is 355 g/mol. The number of rotatable bonds is 6. The van der Waals surface area contributed by atoms with Crippen molar-refractivity contribution >= 4 is 17.7 Å². The van der Waals surface area contributed by atoms with Gasteiger partial charge in [-0.25, -0.2) is 4.79 Å². The van der Waals surface area contributed by atoms with E-state index in [1.165, 1.54) is 6.07 Å². The number of carboxylic acids is 1. The maximum Gasteiger partial charge on any atom is 0.338 e. The lowest BCUT2D eigenvalue weighted by atomic mass is 10.00. The van der Waals surface area contributed by atoms with E-state index >= 15 is 0 Å². The number of esters is 1. The van der Waals surface area contributed by atoms with Gasteiger partial charge in [-0.05, 0) is 43.5 Å². The second-order valence-corrected chi connectivity index (χ2v) is 6.26. The molecule has 1 aliphatic heterocycles. The molecule has 0 amide bonds. The van der Waals surface area contributed by atoms with Crippen LogP contribution in [-0.4, -0.2) is 34.0 Å². The maximum absolute atomic E-state index is 13.1. The van der Waals surface area contributed by atoms with Crippen LogP contribution in [0.15, 0.2) is 30.3 Å². The van der Waals surface area contributed by atoms with E-state index in [1.54, 1.807) is 25.1 Å². The van der Waals surface area contributed by atoms with Crippen molar-refractivity contribution in [2.45, 2.75) is 39.2 Å². The van der Waals surface area contributed by atoms with Crippen LogP contribution >= 0.6 is 0 Å². The highest BCUT2D eigenvalue weighted by atomic mass is 16.5. The van der Waals surface area contributed by atoms with Gasteiger partial charge in [0.2, 0.25) is 5.78 Å². The fraction of sp³-hybridized carbons (Fsp3) is 0.350. The molecule has 6 nitrogen and oxygen atoms in total. The Balaban J connectivity index is 2.01. The van der Waals surface area contributed by atoms with Crippen LogP contribution in [0.4, 0.5) is 0 Å². The van der Waals surface area contributed by atoms with Crippen LogP contribution in [0, 0.1) is 0 Å². The minimum atomic E-state index is -0.868. The molecule has 26 heavy (non-hydrogen) atoms. The number of aliphatic carboxylic acids is 1. The first-order valence-corrected chi connectivity index (χ1v) is 8.74. The quantitative estimate of drug-likeness (QED) is 0.636. The number of hydrogen-bond acceptors (Lipinski definition) is 4. The summed E-state index contributed by atoms with van der Waals surface area (Å²) in [5.41, 5.74) is 2.75. The molecule has 0 saturated carbocycles. The molecule has 1 aromatic carbocycles. The Hall–Kier alpha value is -2.89. The van der Waals surface area contributed by atoms with Crippen LogP contribution in [0.3, 0.4) is 0 Å². The number of benzene rings is 1. The Morgan fingerprint density at radius 2 is 1.92 bits per heavy atom. The zero-order valence-corrected chi connectivity index (χ0v) is 14.8. The number of nitrogens with zero attached hydrogens (tertiary/aromatic N) is 1. The van der Waals surface area contributed by atoms with Crippen molar-refractivity contribution in [2.24, 2.45) is 0 Å². The van der Waals surface area contributed by atoms with Gasteiger partial charge in [-0.2, -0.15) is 0 Å². The van der Waals surface area contributed by atoms with Crippen molar-refractivity contribution in [3.05, 3.63) is 58.4 Å². The molecule has 2 heterocycles. The predicted molar refractivity (Wildman–Crippen MR) is 94.6 cm³/mol. The highest BCUT2D eigenvalue weighted by Crippen LogP contribution is 2.34. The van der Waals surface area contributed by atoms with E-state index in [-0.39, 0.29) is 12.4 Å². The maximum atomic E-state index is 13.1. The molecule has 0 spiro atoms. The lowest BCUT2D eigenvalue weighted by Gasteiger charge is -2.09. The van der Waals surface area contributed by atoms with E-state index in [4.69, 9.17) is 4.74 Å². The summed E-state index contributed by atoms with van der Waals surface area (Å²) >= 11 is 0. The molecule has 1 unspecified atom stereocenters. The molecule has 1 atom stereocenters. The SMILES string of the molecule is CCOC(=O)c1cccc(C(=O)c2c(CC)cc3n2CCC3C(=O)O)c1. The minimum absolute atomic E-state index is 0.203. The molecule has 0 saturated heterocycles. The van der Waals surface area contributed by atoms with E-state index in [2.05, 4.69) is 0 Å². The minimum Gasteiger partial charge on any atom is -0.481 e. The van der Waals surface area contributed by atoms with Crippen molar-refractivity contribution in [1.29, 1.82) is 0 Å². The van der Waals surface area contributed by atoms with Gasteiger partial charge in [-0.3, -0.25) is 9.59 Å². The van der Waals surface area contributed by atoms with Crippen LogP contribution in [0.5, 0.6) is 0 Å². The molecule has 0 radical (unpaired) electrons. The van der Waals surface area contributed by atoms with Crippen LogP contribution in [0.2, 0.25) is 0 Å². The fourth-order valence-corrected chi connectivity index (χ4v) is 3.49. The number of carbonyl (C=O) groups excluding carboxylic acids is 2. The highest BCUT2D eigenvalue weighted by Gasteiger charge is 2.33. The summed E-state index contributed by atoms with van der Waals surface area (Å²) in [6.45, 7) is 4.43. The zero-order chi connectivity index (χ0) is 18.8. The number of carbonyl (C=O) groups is 3. The lowest BCUT2D eigenvalue weighted by molar-refractivity contribution is -0.138. The Morgan fingerprint density at radius 3 is 2.58 bits per heavy atom. The summed E-state index contributed by atoms with van der Waals surface area (Å²) in [7, 11) is 0. The number of ether oxygens (including phenoxy) is 1. The first-order valence-electron chi connectivity index (χ1n) is 8.74. The second kappa shape index (κ2) is 7.15. The molecule has 0 aliphatic carbocycles. The van der Waals surface area contributed by atoms with Gasteiger partial charge in [0, 0.05) is 17.8 Å². The highest BCUT2D eigenvalue weighted by molar-refractivity contribution is 6.10. The number of ketones is 1. The van der Waals surface area contributed by atoms with Gasteiger partial charge in [-0.1, -0.05) is 19.1 Å². The van der Waals surface area contributed by atoms with Gasteiger partial charge >= 0.3 is 11.9 Å². The van der Waals surface area contributed by atoms with Crippen molar-refractivity contribution in [3.8, 4) is 0 Å². The Morgan fingerprint density at radius 1 is 1.19 bits per heavy atom. The molecular formula is C20H21NO5. The van der Waals surface area contributed by atoms with Crippen molar-refractivity contribution in [2.75, 3.05) is 6.61 Å². The topological polar surface area (TPSA) is 85.6 Å². The summed E-state index contributed by atoms with van der Waals surface area (Å²) in [5.74, 6) is -2.12. The van der Waals surface area contributed by atoms with Crippen molar-refractivity contribution in [1.82, 2.24) is 4.57 Å². The van der Waals surface area contributed by atoms with Crippen molar-refractivity contribution in [3.63, 3.8) is 0 Å². The average molecular weight is 355 g/mol. The molecule has 1 aromatic heterocycles. The number of carboxylic acid groups (broad SMARTS) is 1. The second-order valence-electron chi connectivity index (χ2n) is 6.26. The molecule has 6 heteroatoms. The average Bonchev–Trinajstić information content (AvgIpc) is 3.19. The van der Waals surface area contributed by atoms with Gasteiger partial charge in [-0.15, -0.1) is 0 Å². The number of fused-ring (bicyclic) bond motifs is 1. The number of aryl methyl sites for hydroxylation is 1. The third-order valence-electron chi connectivity index (χ3n) is 4.74. The van der Waals surface area contributed by atoms with Gasteiger partial charge < -0.3 is 14.4 Å². The molecule has 136 valence electrons. The van der Waals surface area contributed by atoms with Crippen LogP contribution in [0.25, 0.3) is 0 Å². The summed E-state index contributed by atoms with van der Waals surface area (Å²) in [4.78, 5) is 36.5. The Labute approximate surface area is 151 Å². The third kappa shape index (κ3) is 3.03. The molecule has 2 aromatic rings. The lowest BCUT2D eigenvalue weighted by Crippen LogP contribution is -2.13. The van der Waals surface area contributed by atoms with E-state index < -0.39 is 17.9 Å². The van der Waals surface area contributed by atoms with Crippen LogP contribution in [0.1, 0.15) is 63.9 Å². The predicted octanol–water partition coefficient (Wildman–Crippen LogP) is 3.03. The summed E-state index contributed by atoms with van der Waals surface area (Å²) in [5, 5.41) is 9.39. The Bertz CT molecular complexity index is 880. The van der Waals surface area contributed by atoms with Crippen molar-refractivity contribution < 1.29 is 24.2 Å². The van der Waals surface area contributed by atoms with E-state index in [0.717, 1.165) is 5.56 Å². The number of aromatic nitrogens is 1. The standard InChI is InChI=1S/C20H21NO5/c1-3-12-11-16-15(19(23)24)8-9-21(16)17(12)18(22)13-6-5-7-14(10-13)20(25)26-4-2/h5-7,10-11,15H,3-4,8-9H2,1-2H3,(H,23,24). The Kier molecular flexibility index (Phi) is 4.93. The molecule has 1 aliphatic rings. The van der Waals surface area contributed by atoms with Crippen LogP contribution in [-0.2, 0) is 22.5 Å². The van der Waals surface area contributed by atoms with Gasteiger partial charge in [0.15, 0.2) is 0 Å². The van der Waals surface area contributed by atoms with E-state index in [9.17, 15) is 19.5 Å². The summed E-state index contributed by atoms with van der Waals surface area (Å²) < 4.78 is 6.81. The zero-order valence-electron chi connectivity index (χ0n) is 14.8. The smallest absolute Gasteiger partial charge is 0.338 e. The van der Waals surface area contributed by atoms with Gasteiger partial charge in [0.1, 0.15) is 0 Å². The molecule has 1 N–H and O–H groups in total. The summed E-state index contributed by atoms with van der Waals surface area (Å²) in [6, 6.07) is 8.28. The largest absolute Gasteiger partial charge is 0.481 e. The van der Waals surface area contributed by atoms with Crippen LogP contribution < -0.4 is 0 Å². The fourth-order valence-electron chi connectivity index (χ4n) is 3.49. The van der Waals surface area contributed by atoms with Gasteiger partial charge in [0.05, 0.1) is 23.8 Å². The normalized spacial score (nSPS) is 15.5. The van der Waals surface area contributed by atoms with E-state index in [0.29, 0.717) is 41.9 Å². The summed E-state index contributed by atoms with van der Waals surface area (Å²) in [6.07, 6.45) is 1.11. The molecule has 0 fully saturated rings. The third-order valence-corrected chi connectivity index (χ3v) is 4.74. The molecule has 3 rings (SSSR count). The molecule has 0 bridgehead atoms. The van der Waals surface area contributed by atoms with E-state index in [1.807, 2.05) is 17.6 Å². The molecular weight excluding hydrogens is 334 g/mol. The van der Waals surface area contributed by atoms with Gasteiger partial charge in [0.25, 0.3) is 0 Å².